The molecule has 0 bridgehead atoms. The minimum atomic E-state index is 0.176. The molecule has 0 aliphatic carbocycles. The Morgan fingerprint density at radius 2 is 2.11 bits per heavy atom. The SMILES string of the molecule is CC1CN(c2nc(NN)cn3ccnc23)CC(C)O1. The van der Waals surface area contributed by atoms with Crippen molar-refractivity contribution in [2.75, 3.05) is 23.4 Å². The van der Waals surface area contributed by atoms with Crippen LogP contribution in [0.5, 0.6) is 0 Å². The second-order valence-electron chi connectivity index (χ2n) is 4.91. The van der Waals surface area contributed by atoms with Crippen molar-refractivity contribution in [2.45, 2.75) is 26.1 Å². The molecule has 102 valence electrons. The first kappa shape index (κ1) is 12.2. The number of hydrogen-bond donors (Lipinski definition) is 2. The van der Waals surface area contributed by atoms with E-state index in [-0.39, 0.29) is 12.2 Å². The summed E-state index contributed by atoms with van der Waals surface area (Å²) in [5.41, 5.74) is 3.43. The second-order valence-corrected chi connectivity index (χ2v) is 4.91. The summed E-state index contributed by atoms with van der Waals surface area (Å²) in [6, 6.07) is 0. The minimum Gasteiger partial charge on any atom is -0.372 e. The van der Waals surface area contributed by atoms with Gasteiger partial charge in [-0.3, -0.25) is 0 Å². The maximum Gasteiger partial charge on any atom is 0.180 e. The summed E-state index contributed by atoms with van der Waals surface area (Å²) in [5, 5.41) is 0. The molecule has 2 atom stereocenters. The summed E-state index contributed by atoms with van der Waals surface area (Å²) in [4.78, 5) is 11.1. The van der Waals surface area contributed by atoms with Crippen LogP contribution in [0.1, 0.15) is 13.8 Å². The Balaban J connectivity index is 2.05. The molecule has 3 N–H and O–H groups in total. The largest absolute Gasteiger partial charge is 0.372 e. The number of nitrogens with one attached hydrogen (secondary N) is 1. The topological polar surface area (TPSA) is 80.7 Å². The van der Waals surface area contributed by atoms with E-state index in [1.807, 2.05) is 16.8 Å². The molecular weight excluding hydrogens is 244 g/mol. The van der Waals surface area contributed by atoms with Gasteiger partial charge in [0.1, 0.15) is 0 Å². The van der Waals surface area contributed by atoms with Gasteiger partial charge in [0.25, 0.3) is 0 Å². The van der Waals surface area contributed by atoms with Crippen LogP contribution in [-0.4, -0.2) is 39.7 Å². The molecule has 3 heterocycles. The standard InChI is InChI=1S/C12H18N6O/c1-8-5-18(6-9(2)19-8)12-11-14-3-4-17(11)7-10(15-12)16-13/h3-4,7-9,16H,5-6,13H2,1-2H3. The molecule has 1 saturated heterocycles. The number of nitrogen functional groups attached to an aromatic ring is 1. The maximum absolute atomic E-state index is 5.75. The monoisotopic (exact) mass is 262 g/mol. The predicted octanol–water partition coefficient (Wildman–Crippen LogP) is 0.628. The van der Waals surface area contributed by atoms with Crippen molar-refractivity contribution >= 4 is 17.3 Å². The van der Waals surface area contributed by atoms with Crippen molar-refractivity contribution in [3.8, 4) is 0 Å². The Morgan fingerprint density at radius 1 is 1.37 bits per heavy atom. The quantitative estimate of drug-likeness (QED) is 0.610. The van der Waals surface area contributed by atoms with E-state index in [1.165, 1.54) is 0 Å². The van der Waals surface area contributed by atoms with Crippen LogP contribution in [0.2, 0.25) is 0 Å². The molecule has 7 nitrogen and oxygen atoms in total. The first-order valence-electron chi connectivity index (χ1n) is 6.38. The zero-order chi connectivity index (χ0) is 13.4. The van der Waals surface area contributed by atoms with E-state index in [1.54, 1.807) is 6.20 Å². The molecule has 2 unspecified atom stereocenters. The number of fused-ring (bicyclic) bond motifs is 1. The molecule has 0 spiro atoms. The minimum absolute atomic E-state index is 0.176. The van der Waals surface area contributed by atoms with Gasteiger partial charge in [-0.15, -0.1) is 0 Å². The number of anilines is 2. The average Bonchev–Trinajstić information content (AvgIpc) is 2.84. The molecule has 0 amide bonds. The van der Waals surface area contributed by atoms with Crippen LogP contribution < -0.4 is 16.2 Å². The van der Waals surface area contributed by atoms with Crippen LogP contribution >= 0.6 is 0 Å². The molecule has 7 heteroatoms. The van der Waals surface area contributed by atoms with Crippen molar-refractivity contribution in [3.05, 3.63) is 18.6 Å². The molecule has 3 rings (SSSR count). The molecule has 0 saturated carbocycles. The lowest BCUT2D eigenvalue weighted by atomic mass is 10.2. The molecule has 1 fully saturated rings. The van der Waals surface area contributed by atoms with E-state index in [2.05, 4.69) is 34.1 Å². The van der Waals surface area contributed by atoms with Crippen molar-refractivity contribution in [1.29, 1.82) is 0 Å². The number of morpholine rings is 1. The van der Waals surface area contributed by atoms with Crippen molar-refractivity contribution < 1.29 is 4.74 Å². The molecule has 1 aliphatic heterocycles. The number of ether oxygens (including phenoxy) is 1. The average molecular weight is 262 g/mol. The van der Waals surface area contributed by atoms with E-state index in [9.17, 15) is 0 Å². The first-order valence-corrected chi connectivity index (χ1v) is 6.38. The molecule has 2 aromatic heterocycles. The van der Waals surface area contributed by atoms with Crippen LogP contribution in [-0.2, 0) is 4.74 Å². The second kappa shape index (κ2) is 4.67. The van der Waals surface area contributed by atoms with E-state index >= 15 is 0 Å². The van der Waals surface area contributed by atoms with Gasteiger partial charge in [-0.1, -0.05) is 0 Å². The van der Waals surface area contributed by atoms with Gasteiger partial charge in [-0.05, 0) is 13.8 Å². The molecule has 1 aliphatic rings. The van der Waals surface area contributed by atoms with E-state index < -0.39 is 0 Å². The zero-order valence-corrected chi connectivity index (χ0v) is 11.1. The van der Waals surface area contributed by atoms with Crippen LogP contribution in [0.25, 0.3) is 5.65 Å². The van der Waals surface area contributed by atoms with Crippen LogP contribution in [0.15, 0.2) is 18.6 Å². The summed E-state index contributed by atoms with van der Waals surface area (Å²) in [5.74, 6) is 6.93. The zero-order valence-electron chi connectivity index (χ0n) is 11.1. The fraction of sp³-hybridized carbons (Fsp3) is 0.500. The van der Waals surface area contributed by atoms with Gasteiger partial charge in [-0.25, -0.2) is 15.8 Å². The number of hydrazine groups is 1. The number of nitrogens with zero attached hydrogens (tertiary/aromatic N) is 4. The maximum atomic E-state index is 5.75. The van der Waals surface area contributed by atoms with Gasteiger partial charge in [0.05, 0.1) is 18.4 Å². The molecule has 0 radical (unpaired) electrons. The molecule has 0 aromatic carbocycles. The highest BCUT2D eigenvalue weighted by Gasteiger charge is 2.25. The lowest BCUT2D eigenvalue weighted by Gasteiger charge is -2.36. The lowest BCUT2D eigenvalue weighted by Crippen LogP contribution is -2.46. The number of imidazole rings is 1. The highest BCUT2D eigenvalue weighted by atomic mass is 16.5. The summed E-state index contributed by atoms with van der Waals surface area (Å²) in [7, 11) is 0. The number of rotatable bonds is 2. The third kappa shape index (κ3) is 2.22. The molecule has 2 aromatic rings. The van der Waals surface area contributed by atoms with Gasteiger partial charge in [0.2, 0.25) is 0 Å². The van der Waals surface area contributed by atoms with E-state index in [0.29, 0.717) is 5.82 Å². The van der Waals surface area contributed by atoms with Crippen molar-refractivity contribution in [3.63, 3.8) is 0 Å². The number of aromatic nitrogens is 3. The van der Waals surface area contributed by atoms with Gasteiger partial charge < -0.3 is 19.5 Å². The fourth-order valence-corrected chi connectivity index (χ4v) is 2.55. The summed E-state index contributed by atoms with van der Waals surface area (Å²) in [6.07, 6.45) is 5.81. The normalized spacial score (nSPS) is 23.8. The molecular formula is C12H18N6O. The first-order chi connectivity index (χ1) is 9.17. The van der Waals surface area contributed by atoms with Crippen molar-refractivity contribution in [2.24, 2.45) is 5.84 Å². The Labute approximate surface area is 111 Å². The Kier molecular flexibility index (Phi) is 3.00. The van der Waals surface area contributed by atoms with Crippen LogP contribution in [0, 0.1) is 0 Å². The number of nitrogens with two attached hydrogens (primary N) is 1. The molecule has 19 heavy (non-hydrogen) atoms. The lowest BCUT2D eigenvalue weighted by molar-refractivity contribution is -0.00538. The number of hydrogen-bond acceptors (Lipinski definition) is 6. The highest BCUT2D eigenvalue weighted by Crippen LogP contribution is 2.24. The Morgan fingerprint density at radius 3 is 2.79 bits per heavy atom. The van der Waals surface area contributed by atoms with E-state index in [4.69, 9.17) is 10.6 Å². The third-order valence-electron chi connectivity index (χ3n) is 3.22. The third-order valence-corrected chi connectivity index (χ3v) is 3.22. The smallest absolute Gasteiger partial charge is 0.180 e. The summed E-state index contributed by atoms with van der Waals surface area (Å²) < 4.78 is 7.67. The summed E-state index contributed by atoms with van der Waals surface area (Å²) >= 11 is 0. The highest BCUT2D eigenvalue weighted by molar-refractivity contribution is 5.67. The van der Waals surface area contributed by atoms with Crippen LogP contribution in [0.3, 0.4) is 0 Å². The van der Waals surface area contributed by atoms with Gasteiger partial charge >= 0.3 is 0 Å². The Bertz CT molecular complexity index is 573. The van der Waals surface area contributed by atoms with Crippen LogP contribution in [0.4, 0.5) is 11.6 Å². The van der Waals surface area contributed by atoms with Crippen molar-refractivity contribution in [1.82, 2.24) is 14.4 Å². The van der Waals surface area contributed by atoms with E-state index in [0.717, 1.165) is 24.6 Å². The van der Waals surface area contributed by atoms with Gasteiger partial charge in [0.15, 0.2) is 17.3 Å². The fourth-order valence-electron chi connectivity index (χ4n) is 2.55. The van der Waals surface area contributed by atoms with Gasteiger partial charge in [-0.2, -0.15) is 0 Å². The summed E-state index contributed by atoms with van der Waals surface area (Å²) in [6.45, 7) is 5.73. The van der Waals surface area contributed by atoms with Gasteiger partial charge in [0, 0.05) is 25.5 Å². The Hall–Kier alpha value is -1.86. The predicted molar refractivity (Wildman–Crippen MR) is 73.0 cm³/mol.